The third-order valence-electron chi connectivity index (χ3n) is 3.30. The number of hydrogen-bond donors (Lipinski definition) is 2. The molecule has 1 amide bonds. The summed E-state index contributed by atoms with van der Waals surface area (Å²) in [6.07, 6.45) is 0.405. The highest BCUT2D eigenvalue weighted by molar-refractivity contribution is 5.96. The van der Waals surface area contributed by atoms with E-state index in [1.54, 1.807) is 6.92 Å². The van der Waals surface area contributed by atoms with Crippen LogP contribution in [0.2, 0.25) is 0 Å². The largest absolute Gasteiger partial charge is 0.494 e. The Balaban J connectivity index is 2.10. The van der Waals surface area contributed by atoms with Crippen molar-refractivity contribution in [2.75, 3.05) is 6.61 Å². The van der Waals surface area contributed by atoms with Gasteiger partial charge in [0.25, 0.3) is 5.91 Å². The Hall–Kier alpha value is -2.76. The molecule has 6 nitrogen and oxygen atoms in total. The fraction of sp³-hybridized carbons (Fsp3) is 0.294. The maximum Gasteiger partial charge on any atom is 0.339 e. The van der Waals surface area contributed by atoms with Gasteiger partial charge in [-0.1, -0.05) is 25.1 Å². The van der Waals surface area contributed by atoms with Gasteiger partial charge in [0.2, 0.25) is 0 Å². The van der Waals surface area contributed by atoms with Crippen molar-refractivity contribution in [3.05, 3.63) is 53.0 Å². The molecular weight excluding hydrogens is 298 g/mol. The van der Waals surface area contributed by atoms with Crippen molar-refractivity contribution in [2.45, 2.75) is 26.8 Å². The van der Waals surface area contributed by atoms with E-state index < -0.39 is 11.9 Å². The summed E-state index contributed by atoms with van der Waals surface area (Å²) >= 11 is 0. The number of aromatic carboxylic acids is 1. The highest BCUT2D eigenvalue weighted by atomic mass is 16.5. The normalized spacial score (nSPS) is 10.3. The lowest BCUT2D eigenvalue weighted by Gasteiger charge is -2.10. The molecule has 6 heteroatoms. The maximum absolute atomic E-state index is 12.2. The van der Waals surface area contributed by atoms with E-state index >= 15 is 0 Å². The first kappa shape index (κ1) is 16.6. The number of carbonyl (C=O) groups is 2. The Morgan fingerprint density at radius 2 is 2.00 bits per heavy atom. The molecule has 2 aromatic rings. The molecule has 0 aliphatic rings. The van der Waals surface area contributed by atoms with Crippen molar-refractivity contribution in [1.82, 2.24) is 5.32 Å². The van der Waals surface area contributed by atoms with Gasteiger partial charge in [-0.25, -0.2) is 4.79 Å². The van der Waals surface area contributed by atoms with Gasteiger partial charge in [-0.2, -0.15) is 0 Å². The van der Waals surface area contributed by atoms with Crippen LogP contribution in [0.5, 0.6) is 5.75 Å². The van der Waals surface area contributed by atoms with Gasteiger partial charge < -0.3 is 19.6 Å². The molecule has 1 aromatic carbocycles. The lowest BCUT2D eigenvalue weighted by atomic mass is 10.2. The van der Waals surface area contributed by atoms with Crippen LogP contribution in [0.4, 0.5) is 0 Å². The predicted octanol–water partition coefficient (Wildman–Crippen LogP) is 2.87. The Morgan fingerprint density at radius 1 is 1.26 bits per heavy atom. The van der Waals surface area contributed by atoms with Crippen LogP contribution < -0.4 is 10.1 Å². The van der Waals surface area contributed by atoms with Crippen LogP contribution in [0.15, 0.2) is 34.7 Å². The molecule has 2 rings (SSSR count). The predicted molar refractivity (Wildman–Crippen MR) is 83.8 cm³/mol. The fourth-order valence-corrected chi connectivity index (χ4v) is 2.19. The standard InChI is InChI=1S/C17H19NO5/c1-3-13-12(17(20)21)9-15(23-13)16(19)18-10-11-7-5-6-8-14(11)22-4-2/h5-9H,3-4,10H2,1-2H3,(H,18,19)(H,20,21). The molecule has 0 atom stereocenters. The van der Waals surface area contributed by atoms with Crippen LogP contribution >= 0.6 is 0 Å². The molecule has 0 radical (unpaired) electrons. The number of para-hydroxylation sites is 1. The third kappa shape index (κ3) is 3.91. The van der Waals surface area contributed by atoms with E-state index in [0.717, 1.165) is 5.56 Å². The first-order valence-electron chi connectivity index (χ1n) is 7.41. The summed E-state index contributed by atoms with van der Waals surface area (Å²) in [5.41, 5.74) is 0.857. The quantitative estimate of drug-likeness (QED) is 0.819. The van der Waals surface area contributed by atoms with Gasteiger partial charge in [-0.3, -0.25) is 4.79 Å². The highest BCUT2D eigenvalue weighted by Crippen LogP contribution is 2.19. The molecule has 1 heterocycles. The van der Waals surface area contributed by atoms with Crippen LogP contribution in [0.25, 0.3) is 0 Å². The van der Waals surface area contributed by atoms with Crippen LogP contribution in [0, 0.1) is 0 Å². The van der Waals surface area contributed by atoms with Gasteiger partial charge in [0.15, 0.2) is 5.76 Å². The molecular formula is C17H19NO5. The third-order valence-corrected chi connectivity index (χ3v) is 3.30. The number of nitrogens with one attached hydrogen (secondary N) is 1. The molecule has 0 aliphatic carbocycles. The number of carbonyl (C=O) groups excluding carboxylic acids is 1. The van der Waals surface area contributed by atoms with E-state index in [4.69, 9.17) is 14.3 Å². The van der Waals surface area contributed by atoms with E-state index in [9.17, 15) is 9.59 Å². The molecule has 0 unspecified atom stereocenters. The molecule has 0 bridgehead atoms. The molecule has 23 heavy (non-hydrogen) atoms. The number of hydrogen-bond acceptors (Lipinski definition) is 4. The Morgan fingerprint density at radius 3 is 2.61 bits per heavy atom. The van der Waals surface area contributed by atoms with E-state index in [2.05, 4.69) is 5.32 Å². The Bertz CT molecular complexity index is 705. The first-order valence-corrected chi connectivity index (χ1v) is 7.41. The summed E-state index contributed by atoms with van der Waals surface area (Å²) in [6.45, 7) is 4.45. The molecule has 0 saturated heterocycles. The smallest absolute Gasteiger partial charge is 0.339 e. The molecule has 0 spiro atoms. The van der Waals surface area contributed by atoms with Crippen molar-refractivity contribution in [3.8, 4) is 5.75 Å². The van der Waals surface area contributed by atoms with Crippen LogP contribution in [-0.4, -0.2) is 23.6 Å². The zero-order chi connectivity index (χ0) is 16.8. The van der Waals surface area contributed by atoms with Crippen molar-refractivity contribution in [3.63, 3.8) is 0 Å². The number of ether oxygens (including phenoxy) is 1. The van der Waals surface area contributed by atoms with Gasteiger partial charge >= 0.3 is 5.97 Å². The summed E-state index contributed by atoms with van der Waals surface area (Å²) in [5.74, 6) is -0.578. The second-order valence-electron chi connectivity index (χ2n) is 4.83. The number of amides is 1. The van der Waals surface area contributed by atoms with Gasteiger partial charge in [0.1, 0.15) is 17.1 Å². The fourth-order valence-electron chi connectivity index (χ4n) is 2.19. The van der Waals surface area contributed by atoms with Crippen molar-refractivity contribution >= 4 is 11.9 Å². The van der Waals surface area contributed by atoms with Crippen molar-refractivity contribution in [1.29, 1.82) is 0 Å². The summed E-state index contributed by atoms with van der Waals surface area (Å²) in [7, 11) is 0. The summed E-state index contributed by atoms with van der Waals surface area (Å²) in [6, 6.07) is 8.65. The second kappa shape index (κ2) is 7.49. The number of carboxylic acids is 1. The van der Waals surface area contributed by atoms with Crippen molar-refractivity contribution < 1.29 is 23.8 Å². The van der Waals surface area contributed by atoms with E-state index in [0.29, 0.717) is 18.8 Å². The van der Waals surface area contributed by atoms with E-state index in [1.807, 2.05) is 31.2 Å². The average molecular weight is 317 g/mol. The lowest BCUT2D eigenvalue weighted by Crippen LogP contribution is -2.22. The minimum atomic E-state index is -1.11. The minimum Gasteiger partial charge on any atom is -0.494 e. The Kier molecular flexibility index (Phi) is 5.41. The number of benzene rings is 1. The number of carboxylic acid groups (broad SMARTS) is 1. The zero-order valence-electron chi connectivity index (χ0n) is 13.1. The molecule has 1 aromatic heterocycles. The van der Waals surface area contributed by atoms with E-state index in [1.165, 1.54) is 6.07 Å². The second-order valence-corrected chi connectivity index (χ2v) is 4.83. The van der Waals surface area contributed by atoms with Gasteiger partial charge in [-0.05, 0) is 13.0 Å². The monoisotopic (exact) mass is 317 g/mol. The lowest BCUT2D eigenvalue weighted by molar-refractivity contribution is 0.0694. The Labute approximate surface area is 134 Å². The number of aryl methyl sites for hydroxylation is 1. The summed E-state index contributed by atoms with van der Waals surface area (Å²) < 4.78 is 10.8. The van der Waals surface area contributed by atoms with Gasteiger partial charge in [0.05, 0.1) is 6.61 Å². The van der Waals surface area contributed by atoms with Crippen LogP contribution in [0.1, 0.15) is 46.1 Å². The zero-order valence-corrected chi connectivity index (χ0v) is 13.1. The average Bonchev–Trinajstić information content (AvgIpc) is 2.99. The molecule has 2 N–H and O–H groups in total. The van der Waals surface area contributed by atoms with Gasteiger partial charge in [0, 0.05) is 24.6 Å². The molecule has 122 valence electrons. The molecule has 0 saturated carbocycles. The molecule has 0 fully saturated rings. The topological polar surface area (TPSA) is 88.8 Å². The SMILES string of the molecule is CCOc1ccccc1CNC(=O)c1cc(C(=O)O)c(CC)o1. The summed E-state index contributed by atoms with van der Waals surface area (Å²) in [4.78, 5) is 23.3. The van der Waals surface area contributed by atoms with E-state index in [-0.39, 0.29) is 23.6 Å². The van der Waals surface area contributed by atoms with Crippen molar-refractivity contribution in [2.24, 2.45) is 0 Å². The maximum atomic E-state index is 12.2. The highest BCUT2D eigenvalue weighted by Gasteiger charge is 2.20. The van der Waals surface area contributed by atoms with Crippen LogP contribution in [0.3, 0.4) is 0 Å². The van der Waals surface area contributed by atoms with Gasteiger partial charge in [-0.15, -0.1) is 0 Å². The number of rotatable bonds is 7. The minimum absolute atomic E-state index is 0.00635. The summed E-state index contributed by atoms with van der Waals surface area (Å²) in [5, 5.41) is 11.8. The van der Waals surface area contributed by atoms with Crippen LogP contribution in [-0.2, 0) is 13.0 Å². The first-order chi connectivity index (χ1) is 11.1. The molecule has 0 aliphatic heterocycles. The number of furan rings is 1.